The molecular weight excluding hydrogens is 377 g/mol. The summed E-state index contributed by atoms with van der Waals surface area (Å²) in [5, 5.41) is 5.21. The van der Waals surface area contributed by atoms with Crippen LogP contribution in [0.4, 0.5) is 9.52 Å². The van der Waals surface area contributed by atoms with Crippen LogP contribution < -0.4 is 5.32 Å². The Hall–Kier alpha value is -1.84. The number of thiazole rings is 1. The first-order valence-electron chi connectivity index (χ1n) is 8.29. The number of amides is 1. The maximum atomic E-state index is 13.0. The van der Waals surface area contributed by atoms with Crippen LogP contribution in [0.2, 0.25) is 0 Å². The lowest BCUT2D eigenvalue weighted by Gasteiger charge is -2.16. The van der Waals surface area contributed by atoms with Crippen LogP contribution in [0.15, 0.2) is 34.5 Å². The minimum Gasteiger partial charge on any atom is -0.302 e. The summed E-state index contributed by atoms with van der Waals surface area (Å²) in [6.45, 7) is 4.41. The maximum absolute atomic E-state index is 13.0. The van der Waals surface area contributed by atoms with Crippen molar-refractivity contribution in [1.82, 2.24) is 9.29 Å². The molecule has 1 aliphatic rings. The van der Waals surface area contributed by atoms with Gasteiger partial charge in [0.15, 0.2) is 5.13 Å². The second-order valence-electron chi connectivity index (χ2n) is 6.52. The van der Waals surface area contributed by atoms with E-state index in [0.717, 1.165) is 17.8 Å². The molecule has 9 heteroatoms. The largest absolute Gasteiger partial charge is 0.302 e. The zero-order valence-electron chi connectivity index (χ0n) is 14.5. The fourth-order valence-electron chi connectivity index (χ4n) is 2.73. The van der Waals surface area contributed by atoms with Gasteiger partial charge in [0.2, 0.25) is 15.9 Å². The lowest BCUT2D eigenvalue weighted by Crippen LogP contribution is -2.31. The van der Waals surface area contributed by atoms with E-state index in [1.807, 2.05) is 19.2 Å². The van der Waals surface area contributed by atoms with Crippen molar-refractivity contribution in [2.45, 2.75) is 31.1 Å². The van der Waals surface area contributed by atoms with E-state index in [1.54, 1.807) is 0 Å². The molecule has 1 atom stereocenters. The zero-order chi connectivity index (χ0) is 18.9. The molecule has 0 radical (unpaired) electrons. The fourth-order valence-corrected chi connectivity index (χ4v) is 5.11. The number of nitrogens with zero attached hydrogens (tertiary/aromatic N) is 2. The minimum atomic E-state index is -3.73. The number of rotatable bonds is 5. The molecule has 0 saturated carbocycles. The van der Waals surface area contributed by atoms with Crippen molar-refractivity contribution in [3.63, 3.8) is 0 Å². The average Bonchev–Trinajstić information content (AvgIpc) is 3.25. The summed E-state index contributed by atoms with van der Waals surface area (Å²) in [7, 11) is -3.73. The number of hydrogen-bond donors (Lipinski definition) is 1. The number of nitrogens with one attached hydrogen (secondary N) is 1. The first-order valence-corrected chi connectivity index (χ1v) is 10.6. The van der Waals surface area contributed by atoms with Crippen molar-refractivity contribution < 1.29 is 17.6 Å². The lowest BCUT2D eigenvalue weighted by atomic mass is 10.1. The Kier molecular flexibility index (Phi) is 5.40. The number of aromatic nitrogens is 1. The Labute approximate surface area is 156 Å². The summed E-state index contributed by atoms with van der Waals surface area (Å²) in [6.07, 6.45) is 0.439. The number of benzene rings is 1. The van der Waals surface area contributed by atoms with Crippen molar-refractivity contribution in [2.75, 3.05) is 18.4 Å². The number of carbonyl (C=O) groups is 1. The number of hydrogen-bond acceptors (Lipinski definition) is 5. The predicted octanol–water partition coefficient (Wildman–Crippen LogP) is 3.05. The second kappa shape index (κ2) is 7.42. The average molecular weight is 397 g/mol. The van der Waals surface area contributed by atoms with E-state index in [4.69, 9.17) is 0 Å². The monoisotopic (exact) mass is 397 g/mol. The summed E-state index contributed by atoms with van der Waals surface area (Å²) < 4.78 is 39.5. The van der Waals surface area contributed by atoms with Gasteiger partial charge in [-0.1, -0.05) is 13.8 Å². The molecule has 26 heavy (non-hydrogen) atoms. The molecule has 6 nitrogen and oxygen atoms in total. The molecule has 0 unspecified atom stereocenters. The number of anilines is 1. The molecule has 140 valence electrons. The summed E-state index contributed by atoms with van der Waals surface area (Å²) in [5.41, 5.74) is 0.914. The van der Waals surface area contributed by atoms with Crippen LogP contribution >= 0.6 is 11.3 Å². The highest BCUT2D eigenvalue weighted by molar-refractivity contribution is 7.89. The Balaban J connectivity index is 1.65. The van der Waals surface area contributed by atoms with E-state index in [9.17, 15) is 17.6 Å². The minimum absolute atomic E-state index is 0.0291. The second-order valence-corrected chi connectivity index (χ2v) is 9.32. The molecule has 2 aromatic rings. The third-order valence-corrected chi connectivity index (χ3v) is 6.97. The van der Waals surface area contributed by atoms with Gasteiger partial charge >= 0.3 is 0 Å². The van der Waals surface area contributed by atoms with E-state index in [2.05, 4.69) is 10.3 Å². The molecule has 1 aliphatic heterocycles. The van der Waals surface area contributed by atoms with E-state index in [1.165, 1.54) is 27.8 Å². The normalized spacial score (nSPS) is 18.4. The molecule has 0 bridgehead atoms. The number of carbonyl (C=O) groups excluding carboxylic acids is 1. The van der Waals surface area contributed by atoms with Crippen LogP contribution in [-0.4, -0.2) is 36.7 Å². The number of halogens is 1. The van der Waals surface area contributed by atoms with Gasteiger partial charge in [0.25, 0.3) is 0 Å². The SMILES string of the molecule is CC(C)c1csc(NC(=O)[C@@H]2CCN(S(=O)(=O)c3ccc(F)cc3)C2)n1. The first-order chi connectivity index (χ1) is 12.3. The first kappa shape index (κ1) is 18.9. The van der Waals surface area contributed by atoms with Crippen molar-refractivity contribution in [2.24, 2.45) is 5.92 Å². The Bertz CT molecular complexity index is 894. The van der Waals surface area contributed by atoms with Gasteiger partial charge in [-0.25, -0.2) is 17.8 Å². The van der Waals surface area contributed by atoms with Gasteiger partial charge in [-0.2, -0.15) is 4.31 Å². The van der Waals surface area contributed by atoms with Gasteiger partial charge in [-0.15, -0.1) is 11.3 Å². The molecule has 1 amide bonds. The Morgan fingerprint density at radius 1 is 1.35 bits per heavy atom. The Morgan fingerprint density at radius 3 is 2.65 bits per heavy atom. The topological polar surface area (TPSA) is 79.4 Å². The molecule has 0 spiro atoms. The van der Waals surface area contributed by atoms with Crippen molar-refractivity contribution >= 4 is 32.4 Å². The molecule has 0 aliphatic carbocycles. The smallest absolute Gasteiger partial charge is 0.243 e. The summed E-state index contributed by atoms with van der Waals surface area (Å²) >= 11 is 1.36. The summed E-state index contributed by atoms with van der Waals surface area (Å²) in [6, 6.07) is 4.70. The summed E-state index contributed by atoms with van der Waals surface area (Å²) in [4.78, 5) is 16.8. The molecular formula is C17H20FN3O3S2. The standard InChI is InChI=1S/C17H20FN3O3S2/c1-11(2)15-10-25-17(19-15)20-16(22)12-7-8-21(9-12)26(23,24)14-5-3-13(18)4-6-14/h3-6,10-12H,7-9H2,1-2H3,(H,19,20,22)/t12-/m1/s1. The molecule has 1 aromatic carbocycles. The lowest BCUT2D eigenvalue weighted by molar-refractivity contribution is -0.119. The van der Waals surface area contributed by atoms with Gasteiger partial charge in [0, 0.05) is 18.5 Å². The molecule has 1 aromatic heterocycles. The third kappa shape index (κ3) is 3.94. The van der Waals surface area contributed by atoms with Crippen LogP contribution in [0.25, 0.3) is 0 Å². The zero-order valence-corrected chi connectivity index (χ0v) is 16.1. The molecule has 2 heterocycles. The molecule has 1 saturated heterocycles. The summed E-state index contributed by atoms with van der Waals surface area (Å²) in [5.74, 6) is -0.880. The molecule has 3 rings (SSSR count). The van der Waals surface area contributed by atoms with Crippen LogP contribution in [-0.2, 0) is 14.8 Å². The van der Waals surface area contributed by atoms with Gasteiger partial charge in [-0.3, -0.25) is 4.79 Å². The van der Waals surface area contributed by atoms with Gasteiger partial charge in [0.1, 0.15) is 5.82 Å². The van der Waals surface area contributed by atoms with Crippen LogP contribution in [0.1, 0.15) is 31.9 Å². The molecule has 1 N–H and O–H groups in total. The highest BCUT2D eigenvalue weighted by Crippen LogP contribution is 2.27. The van der Waals surface area contributed by atoms with Crippen LogP contribution in [0, 0.1) is 11.7 Å². The van der Waals surface area contributed by atoms with E-state index < -0.39 is 21.8 Å². The van der Waals surface area contributed by atoms with E-state index >= 15 is 0 Å². The third-order valence-electron chi connectivity index (χ3n) is 4.32. The quantitative estimate of drug-likeness (QED) is 0.841. The van der Waals surface area contributed by atoms with Crippen molar-refractivity contribution in [1.29, 1.82) is 0 Å². The Morgan fingerprint density at radius 2 is 2.04 bits per heavy atom. The van der Waals surface area contributed by atoms with Crippen LogP contribution in [0.5, 0.6) is 0 Å². The van der Waals surface area contributed by atoms with E-state index in [0.29, 0.717) is 11.6 Å². The van der Waals surface area contributed by atoms with Crippen LogP contribution in [0.3, 0.4) is 0 Å². The van der Waals surface area contributed by atoms with Gasteiger partial charge < -0.3 is 5.32 Å². The maximum Gasteiger partial charge on any atom is 0.243 e. The van der Waals surface area contributed by atoms with Crippen molar-refractivity contribution in [3.05, 3.63) is 41.2 Å². The van der Waals surface area contributed by atoms with Gasteiger partial charge in [-0.05, 0) is 36.6 Å². The van der Waals surface area contributed by atoms with Crippen molar-refractivity contribution in [3.8, 4) is 0 Å². The highest BCUT2D eigenvalue weighted by Gasteiger charge is 2.36. The highest BCUT2D eigenvalue weighted by atomic mass is 32.2. The predicted molar refractivity (Wildman–Crippen MR) is 98.1 cm³/mol. The van der Waals surface area contributed by atoms with Gasteiger partial charge in [0.05, 0.1) is 16.5 Å². The fraction of sp³-hybridized carbons (Fsp3) is 0.412. The van der Waals surface area contributed by atoms with E-state index in [-0.39, 0.29) is 29.8 Å². The number of sulfonamides is 1. The molecule has 1 fully saturated rings.